The third-order valence-electron chi connectivity index (χ3n) is 4.04. The van der Waals surface area contributed by atoms with Gasteiger partial charge in [0.1, 0.15) is 11.5 Å². The minimum absolute atomic E-state index is 0.164. The highest BCUT2D eigenvalue weighted by Crippen LogP contribution is 2.47. The topological polar surface area (TPSA) is 85.3 Å². The van der Waals surface area contributed by atoms with Crippen LogP contribution in [0.5, 0.6) is 0 Å². The van der Waals surface area contributed by atoms with Crippen molar-refractivity contribution in [3.63, 3.8) is 0 Å². The fourth-order valence-electron chi connectivity index (χ4n) is 2.55. The van der Waals surface area contributed by atoms with E-state index in [4.69, 9.17) is 10.2 Å². The molecule has 1 aliphatic rings. The van der Waals surface area contributed by atoms with Gasteiger partial charge in [0.2, 0.25) is 11.8 Å². The lowest BCUT2D eigenvalue weighted by Gasteiger charge is -2.08. The number of anilines is 1. The van der Waals surface area contributed by atoms with Crippen LogP contribution in [-0.2, 0) is 9.59 Å². The molecule has 2 atom stereocenters. The Balaban J connectivity index is 1.60. The van der Waals surface area contributed by atoms with Crippen LogP contribution in [0.4, 0.5) is 5.69 Å². The van der Waals surface area contributed by atoms with Gasteiger partial charge in [-0.15, -0.1) is 11.8 Å². The molecule has 0 bridgehead atoms. The number of carbonyl (C=O) groups excluding carboxylic acids is 2. The zero-order valence-corrected chi connectivity index (χ0v) is 14.7. The van der Waals surface area contributed by atoms with Crippen LogP contribution in [0.2, 0.25) is 0 Å². The Hall–Kier alpha value is -2.47. The Kier molecular flexibility index (Phi) is 5.28. The van der Waals surface area contributed by atoms with Crippen LogP contribution < -0.4 is 11.1 Å². The summed E-state index contributed by atoms with van der Waals surface area (Å²) in [5, 5.41) is 2.81. The predicted molar refractivity (Wildman–Crippen MR) is 99.3 cm³/mol. The number of hydrogen-bond donors (Lipinski definition) is 2. The molecule has 0 saturated heterocycles. The number of benzene rings is 1. The first-order chi connectivity index (χ1) is 12.0. The van der Waals surface area contributed by atoms with E-state index in [-0.39, 0.29) is 11.7 Å². The summed E-state index contributed by atoms with van der Waals surface area (Å²) in [7, 11) is 0. The largest absolute Gasteiger partial charge is 0.461 e. The number of nitrogens with two attached hydrogens (primary N) is 1. The molecule has 5 nitrogen and oxygen atoms in total. The van der Waals surface area contributed by atoms with Crippen molar-refractivity contribution in [2.45, 2.75) is 24.2 Å². The van der Waals surface area contributed by atoms with Gasteiger partial charge < -0.3 is 15.5 Å². The van der Waals surface area contributed by atoms with Gasteiger partial charge in [-0.3, -0.25) is 9.59 Å². The molecule has 1 aromatic heterocycles. The molecule has 3 rings (SSSR count). The number of rotatable bonds is 7. The normalized spacial score (nSPS) is 19.1. The van der Waals surface area contributed by atoms with Crippen LogP contribution in [0.1, 0.15) is 30.8 Å². The second kappa shape index (κ2) is 7.61. The van der Waals surface area contributed by atoms with Crippen molar-refractivity contribution in [1.82, 2.24) is 0 Å². The van der Waals surface area contributed by atoms with Crippen LogP contribution in [0, 0.1) is 5.92 Å². The van der Waals surface area contributed by atoms with Crippen LogP contribution in [0.25, 0.3) is 6.08 Å². The number of furan rings is 1. The van der Waals surface area contributed by atoms with Crippen molar-refractivity contribution in [3.8, 4) is 0 Å². The van der Waals surface area contributed by atoms with Gasteiger partial charge in [-0.2, -0.15) is 0 Å². The quantitative estimate of drug-likeness (QED) is 0.586. The maximum atomic E-state index is 12.1. The fourth-order valence-corrected chi connectivity index (χ4v) is 3.30. The lowest BCUT2D eigenvalue weighted by Crippen LogP contribution is -2.13. The van der Waals surface area contributed by atoms with E-state index in [1.807, 2.05) is 30.3 Å². The first-order valence-corrected chi connectivity index (χ1v) is 9.10. The van der Waals surface area contributed by atoms with Crippen LogP contribution in [0.15, 0.2) is 51.8 Å². The maximum absolute atomic E-state index is 12.1. The zero-order chi connectivity index (χ0) is 17.8. The van der Waals surface area contributed by atoms with Gasteiger partial charge in [0.15, 0.2) is 0 Å². The molecule has 0 spiro atoms. The molecule has 2 unspecified atom stereocenters. The lowest BCUT2D eigenvalue weighted by molar-refractivity contribution is -0.115. The highest BCUT2D eigenvalue weighted by atomic mass is 32.2. The van der Waals surface area contributed by atoms with Crippen LogP contribution in [-0.4, -0.2) is 17.6 Å². The van der Waals surface area contributed by atoms with E-state index < -0.39 is 5.91 Å². The van der Waals surface area contributed by atoms with E-state index in [0.29, 0.717) is 23.3 Å². The molecule has 2 aromatic rings. The van der Waals surface area contributed by atoms with Crippen LogP contribution in [0.3, 0.4) is 0 Å². The van der Waals surface area contributed by atoms with Gasteiger partial charge in [0.25, 0.3) is 0 Å². The van der Waals surface area contributed by atoms with E-state index >= 15 is 0 Å². The molecule has 0 radical (unpaired) electrons. The molecule has 1 heterocycles. The number of nitrogens with one attached hydrogen (secondary N) is 1. The summed E-state index contributed by atoms with van der Waals surface area (Å²) < 4.78 is 5.74. The van der Waals surface area contributed by atoms with Gasteiger partial charge in [-0.1, -0.05) is 19.1 Å². The van der Waals surface area contributed by atoms with Gasteiger partial charge in [-0.05, 0) is 42.7 Å². The summed E-state index contributed by atoms with van der Waals surface area (Å²) in [6.07, 6.45) is 4.26. The molecule has 0 aliphatic heterocycles. The van der Waals surface area contributed by atoms with Gasteiger partial charge in [-0.25, -0.2) is 0 Å². The summed E-state index contributed by atoms with van der Waals surface area (Å²) in [6.45, 7) is 2.20. The molecular weight excluding hydrogens is 336 g/mol. The number of hydrogen-bond acceptors (Lipinski definition) is 4. The predicted octanol–water partition coefficient (Wildman–Crippen LogP) is 3.63. The number of carbonyl (C=O) groups is 2. The number of thioether (sulfide) groups is 1. The molecule has 1 fully saturated rings. The summed E-state index contributed by atoms with van der Waals surface area (Å²) in [5.41, 5.74) is 5.82. The van der Waals surface area contributed by atoms with Crippen LogP contribution >= 0.6 is 11.8 Å². The third-order valence-corrected chi connectivity index (χ3v) is 5.13. The SMILES string of the molecule is CC1CC1c1ccc(/C=C/C(=O)Nc2ccccc2SCC(N)=O)o1. The standard InChI is InChI=1S/C19H20N2O3S/c1-12-10-14(12)16-8-6-13(24-16)7-9-19(23)21-15-4-2-3-5-17(15)25-11-18(20)22/h2-9,12,14H,10-11H2,1H3,(H2,20,22)(H,21,23)/b9-7+. The molecule has 1 saturated carbocycles. The van der Waals surface area contributed by atoms with Crippen molar-refractivity contribution in [1.29, 1.82) is 0 Å². The minimum atomic E-state index is -0.398. The summed E-state index contributed by atoms with van der Waals surface area (Å²) in [5.74, 6) is 2.36. The van der Waals surface area contributed by atoms with Crippen molar-refractivity contribution < 1.29 is 14.0 Å². The summed E-state index contributed by atoms with van der Waals surface area (Å²) in [4.78, 5) is 23.9. The fraction of sp³-hybridized carbons (Fsp3) is 0.263. The summed E-state index contributed by atoms with van der Waals surface area (Å²) in [6, 6.07) is 11.1. The van der Waals surface area contributed by atoms with E-state index in [0.717, 1.165) is 17.1 Å². The third kappa shape index (κ3) is 4.76. The first kappa shape index (κ1) is 17.4. The van der Waals surface area contributed by atoms with Crippen molar-refractivity contribution >= 4 is 35.3 Å². The Labute approximate surface area is 150 Å². The average molecular weight is 356 g/mol. The van der Waals surface area contributed by atoms with Crippen molar-refractivity contribution in [2.75, 3.05) is 11.1 Å². The Morgan fingerprint density at radius 2 is 2.08 bits per heavy atom. The molecule has 1 aromatic carbocycles. The zero-order valence-electron chi connectivity index (χ0n) is 13.9. The van der Waals surface area contributed by atoms with Crippen molar-refractivity contribution in [2.24, 2.45) is 11.7 Å². The number of para-hydroxylation sites is 1. The molecule has 130 valence electrons. The highest BCUT2D eigenvalue weighted by molar-refractivity contribution is 8.00. The van der Waals surface area contributed by atoms with Gasteiger partial charge in [0.05, 0.1) is 11.4 Å². The molecule has 3 N–H and O–H groups in total. The Bertz CT molecular complexity index is 813. The molecule has 25 heavy (non-hydrogen) atoms. The highest BCUT2D eigenvalue weighted by Gasteiger charge is 2.36. The van der Waals surface area contributed by atoms with Crippen molar-refractivity contribution in [3.05, 3.63) is 54.0 Å². The van der Waals surface area contributed by atoms with E-state index in [1.54, 1.807) is 12.1 Å². The van der Waals surface area contributed by atoms with E-state index in [9.17, 15) is 9.59 Å². The smallest absolute Gasteiger partial charge is 0.248 e. The molecule has 6 heteroatoms. The second-order valence-corrected chi connectivity index (χ2v) is 7.15. The van der Waals surface area contributed by atoms with E-state index in [2.05, 4.69) is 12.2 Å². The van der Waals surface area contributed by atoms with Gasteiger partial charge >= 0.3 is 0 Å². The Morgan fingerprint density at radius 1 is 1.32 bits per heavy atom. The molecule has 1 aliphatic carbocycles. The monoisotopic (exact) mass is 356 g/mol. The number of amides is 2. The average Bonchev–Trinajstić information content (AvgIpc) is 3.13. The summed E-state index contributed by atoms with van der Waals surface area (Å²) >= 11 is 1.29. The second-order valence-electron chi connectivity index (χ2n) is 6.13. The Morgan fingerprint density at radius 3 is 2.80 bits per heavy atom. The first-order valence-electron chi connectivity index (χ1n) is 8.12. The van der Waals surface area contributed by atoms with E-state index in [1.165, 1.54) is 17.8 Å². The van der Waals surface area contributed by atoms with Gasteiger partial charge in [0, 0.05) is 16.9 Å². The minimum Gasteiger partial charge on any atom is -0.461 e. The number of primary amides is 1. The molecule has 2 amide bonds. The maximum Gasteiger partial charge on any atom is 0.248 e. The molecular formula is C19H20N2O3S. The lowest BCUT2D eigenvalue weighted by atomic mass is 10.3.